The maximum Gasteiger partial charge on any atom is 0.120 e. The van der Waals surface area contributed by atoms with E-state index in [1.807, 2.05) is 6.07 Å². The van der Waals surface area contributed by atoms with Crippen LogP contribution in [0.25, 0.3) is 5.76 Å². The van der Waals surface area contributed by atoms with Gasteiger partial charge in [0.2, 0.25) is 0 Å². The largest absolute Gasteiger partial charge is 0.491 e. The Bertz CT molecular complexity index is 602. The third kappa shape index (κ3) is 4.89. The first-order chi connectivity index (χ1) is 11.4. The summed E-state index contributed by atoms with van der Waals surface area (Å²) in [4.78, 5) is 0. The van der Waals surface area contributed by atoms with Gasteiger partial charge in [-0.1, -0.05) is 50.2 Å². The van der Waals surface area contributed by atoms with Crippen LogP contribution in [0.4, 0.5) is 0 Å². The van der Waals surface area contributed by atoms with Crippen LogP contribution in [0.2, 0.25) is 5.02 Å². The predicted molar refractivity (Wildman–Crippen MR) is 105 cm³/mol. The number of hydrogen-bond donors (Lipinski definition) is 0. The summed E-state index contributed by atoms with van der Waals surface area (Å²) < 4.78 is 6.21. The summed E-state index contributed by atoms with van der Waals surface area (Å²) in [6.45, 7) is 13.2. The maximum absolute atomic E-state index is 6.49. The molecule has 0 saturated carbocycles. The summed E-state index contributed by atoms with van der Waals surface area (Å²) in [5, 5.41) is 0.815. The first-order valence-corrected chi connectivity index (χ1v) is 9.56. The van der Waals surface area contributed by atoms with Gasteiger partial charge in [-0.25, -0.2) is 0 Å². The first kappa shape index (κ1) is 19.1. The van der Waals surface area contributed by atoms with Crippen molar-refractivity contribution in [1.29, 1.82) is 0 Å². The normalized spacial score (nSPS) is 27.7. The zero-order chi connectivity index (χ0) is 17.7. The second-order valence-electron chi connectivity index (χ2n) is 7.35. The highest BCUT2D eigenvalue weighted by Gasteiger charge is 2.19. The lowest BCUT2D eigenvalue weighted by Crippen LogP contribution is -2.17. The SMILES string of the molecule is C=C1O[C@H](C)CC(C)C(C)CC/C=C/CCc2c(Cl)ccc(C)c21. The Balaban J connectivity index is 2.32. The molecule has 0 bridgehead atoms. The van der Waals surface area contributed by atoms with Crippen LogP contribution in [0.5, 0.6) is 0 Å². The molecule has 2 rings (SSSR count). The summed E-state index contributed by atoms with van der Waals surface area (Å²) in [6, 6.07) is 4.05. The van der Waals surface area contributed by atoms with Crippen LogP contribution < -0.4 is 0 Å². The van der Waals surface area contributed by atoms with Crippen LogP contribution in [-0.4, -0.2) is 6.10 Å². The molecule has 1 heterocycles. The molecule has 0 fully saturated rings. The smallest absolute Gasteiger partial charge is 0.120 e. The fourth-order valence-corrected chi connectivity index (χ4v) is 3.84. The van der Waals surface area contributed by atoms with Gasteiger partial charge in [-0.3, -0.25) is 0 Å². The van der Waals surface area contributed by atoms with E-state index < -0.39 is 0 Å². The molecule has 0 saturated heterocycles. The van der Waals surface area contributed by atoms with Crippen molar-refractivity contribution in [2.24, 2.45) is 11.8 Å². The average molecular weight is 347 g/mol. The molecule has 2 heteroatoms. The number of fused-ring (bicyclic) bond motifs is 1. The van der Waals surface area contributed by atoms with E-state index in [1.54, 1.807) is 0 Å². The van der Waals surface area contributed by atoms with Crippen LogP contribution in [-0.2, 0) is 11.2 Å². The Morgan fingerprint density at radius 3 is 2.54 bits per heavy atom. The lowest BCUT2D eigenvalue weighted by molar-refractivity contribution is 0.141. The van der Waals surface area contributed by atoms with Crippen molar-refractivity contribution in [1.82, 2.24) is 0 Å². The second-order valence-corrected chi connectivity index (χ2v) is 7.75. The molecule has 3 atom stereocenters. The van der Waals surface area contributed by atoms with Crippen LogP contribution in [0, 0.1) is 18.8 Å². The molecule has 24 heavy (non-hydrogen) atoms. The first-order valence-electron chi connectivity index (χ1n) is 9.19. The fraction of sp³-hybridized carbons (Fsp3) is 0.545. The van der Waals surface area contributed by atoms with Gasteiger partial charge in [0.1, 0.15) is 5.76 Å². The average Bonchev–Trinajstić information content (AvgIpc) is 2.52. The van der Waals surface area contributed by atoms with Crippen LogP contribution in [0.1, 0.15) is 63.1 Å². The number of halogens is 1. The molecule has 0 N–H and O–H groups in total. The van der Waals surface area contributed by atoms with Crippen molar-refractivity contribution >= 4 is 17.4 Å². The van der Waals surface area contributed by atoms with Gasteiger partial charge < -0.3 is 4.74 Å². The van der Waals surface area contributed by atoms with Crippen molar-refractivity contribution in [2.45, 2.75) is 65.9 Å². The molecule has 1 aliphatic heterocycles. The molecule has 0 aliphatic carbocycles. The molecule has 2 unspecified atom stereocenters. The summed E-state index contributed by atoms with van der Waals surface area (Å²) in [7, 11) is 0. The lowest BCUT2D eigenvalue weighted by Gasteiger charge is -2.26. The summed E-state index contributed by atoms with van der Waals surface area (Å²) in [5.41, 5.74) is 3.45. The molecule has 1 aliphatic rings. The Hall–Kier alpha value is -1.21. The summed E-state index contributed by atoms with van der Waals surface area (Å²) in [6.07, 6.45) is 10.2. The Kier molecular flexibility index (Phi) is 6.98. The topological polar surface area (TPSA) is 9.23 Å². The van der Waals surface area contributed by atoms with E-state index in [4.69, 9.17) is 16.3 Å². The van der Waals surface area contributed by atoms with Gasteiger partial charge in [0, 0.05) is 10.6 Å². The maximum atomic E-state index is 6.49. The van der Waals surface area contributed by atoms with Crippen LogP contribution >= 0.6 is 11.6 Å². The molecule has 0 aromatic heterocycles. The minimum absolute atomic E-state index is 0.166. The number of ether oxygens (including phenoxy) is 1. The van der Waals surface area contributed by atoms with Gasteiger partial charge in [0.15, 0.2) is 0 Å². The number of allylic oxidation sites excluding steroid dienone is 2. The highest BCUT2D eigenvalue weighted by molar-refractivity contribution is 6.31. The van der Waals surface area contributed by atoms with E-state index in [0.29, 0.717) is 11.8 Å². The van der Waals surface area contributed by atoms with Gasteiger partial charge in [0.05, 0.1) is 6.10 Å². The molecular formula is C22H31ClO. The van der Waals surface area contributed by atoms with Gasteiger partial charge in [-0.05, 0) is 75.0 Å². The molecule has 0 radical (unpaired) electrons. The molecule has 0 spiro atoms. The van der Waals surface area contributed by atoms with Crippen molar-refractivity contribution in [3.8, 4) is 0 Å². The van der Waals surface area contributed by atoms with E-state index in [2.05, 4.69) is 52.5 Å². The van der Waals surface area contributed by atoms with Crippen molar-refractivity contribution in [2.75, 3.05) is 0 Å². The highest BCUT2D eigenvalue weighted by Crippen LogP contribution is 2.32. The standard InChI is InChI=1S/C22H31ClO/c1-15-10-8-6-7-9-11-20-21(23)13-12-16(2)22(20)19(5)24-18(4)14-17(15)3/h6-7,12-13,15,17-18H,5,8-11,14H2,1-4H3/b7-6+/t15?,17?,18-/m1/s1. The number of rotatable bonds is 0. The number of aryl methyl sites for hydroxylation is 1. The zero-order valence-electron chi connectivity index (χ0n) is 15.6. The van der Waals surface area contributed by atoms with Crippen molar-refractivity contribution < 1.29 is 4.74 Å². The van der Waals surface area contributed by atoms with E-state index in [9.17, 15) is 0 Å². The van der Waals surface area contributed by atoms with Gasteiger partial charge in [0.25, 0.3) is 0 Å². The molecular weight excluding hydrogens is 316 g/mol. The van der Waals surface area contributed by atoms with Crippen molar-refractivity contribution in [3.63, 3.8) is 0 Å². The van der Waals surface area contributed by atoms with Crippen molar-refractivity contribution in [3.05, 3.63) is 52.6 Å². The minimum atomic E-state index is 0.166. The third-order valence-electron chi connectivity index (χ3n) is 5.28. The van der Waals surface area contributed by atoms with Gasteiger partial charge >= 0.3 is 0 Å². The monoisotopic (exact) mass is 346 g/mol. The zero-order valence-corrected chi connectivity index (χ0v) is 16.3. The van der Waals surface area contributed by atoms with E-state index >= 15 is 0 Å². The summed E-state index contributed by atoms with van der Waals surface area (Å²) in [5.74, 6) is 2.11. The third-order valence-corrected chi connectivity index (χ3v) is 5.63. The van der Waals surface area contributed by atoms with Gasteiger partial charge in [-0.2, -0.15) is 0 Å². The van der Waals surface area contributed by atoms with Crippen LogP contribution in [0.3, 0.4) is 0 Å². The van der Waals surface area contributed by atoms with Crippen LogP contribution in [0.15, 0.2) is 30.9 Å². The molecule has 1 nitrogen and oxygen atoms in total. The lowest BCUT2D eigenvalue weighted by atomic mass is 9.87. The van der Waals surface area contributed by atoms with Gasteiger partial charge in [-0.15, -0.1) is 0 Å². The van der Waals surface area contributed by atoms with E-state index in [-0.39, 0.29) is 6.10 Å². The quantitative estimate of drug-likeness (QED) is 0.461. The predicted octanol–water partition coefficient (Wildman–Crippen LogP) is 6.97. The number of benzene rings is 1. The highest BCUT2D eigenvalue weighted by atomic mass is 35.5. The second kappa shape index (κ2) is 8.76. The molecule has 1 aromatic rings. The molecule has 132 valence electrons. The van der Waals surface area contributed by atoms with E-state index in [1.165, 1.54) is 12.0 Å². The fourth-order valence-electron chi connectivity index (χ4n) is 3.58. The summed E-state index contributed by atoms with van der Waals surface area (Å²) >= 11 is 6.49. The minimum Gasteiger partial charge on any atom is -0.491 e. The number of hydrogen-bond acceptors (Lipinski definition) is 1. The molecule has 0 amide bonds. The molecule has 1 aromatic carbocycles. The Labute approximate surface area is 152 Å². The Morgan fingerprint density at radius 1 is 1.08 bits per heavy atom. The Morgan fingerprint density at radius 2 is 1.79 bits per heavy atom. The van der Waals surface area contributed by atoms with E-state index in [0.717, 1.165) is 47.6 Å².